The van der Waals surface area contributed by atoms with Crippen LogP contribution >= 0.6 is 22.7 Å². The van der Waals surface area contributed by atoms with Gasteiger partial charge in [-0.25, -0.2) is 14.6 Å². The van der Waals surface area contributed by atoms with Gasteiger partial charge in [0.15, 0.2) is 0 Å². The first-order valence-corrected chi connectivity index (χ1v) is 18.5. The molecule has 3 atom stereocenters. The Labute approximate surface area is 297 Å². The van der Waals surface area contributed by atoms with Crippen molar-refractivity contribution >= 4 is 40.7 Å². The SMILES string of the molecule is CC(C)c1nc(CN(C)C(=O)N[C@@H](C(=O)N[C@H](CC[C@H](Cc2ccccc2)NC(=O)OCc2cncs2)Cc2ccccc2)C(C)C)cs1. The van der Waals surface area contributed by atoms with E-state index in [4.69, 9.17) is 4.74 Å². The van der Waals surface area contributed by atoms with Gasteiger partial charge in [-0.05, 0) is 42.7 Å². The molecule has 4 amide bonds. The minimum atomic E-state index is -0.741. The van der Waals surface area contributed by atoms with Crippen LogP contribution in [-0.2, 0) is 35.5 Å². The number of benzene rings is 2. The predicted molar refractivity (Wildman–Crippen MR) is 196 cm³/mol. The summed E-state index contributed by atoms with van der Waals surface area (Å²) < 4.78 is 5.49. The van der Waals surface area contributed by atoms with Crippen molar-refractivity contribution in [2.24, 2.45) is 5.92 Å². The van der Waals surface area contributed by atoms with Gasteiger partial charge in [-0.2, -0.15) is 0 Å². The van der Waals surface area contributed by atoms with Crippen LogP contribution in [0, 0.1) is 5.92 Å². The van der Waals surface area contributed by atoms with Crippen LogP contribution < -0.4 is 16.0 Å². The van der Waals surface area contributed by atoms with Gasteiger partial charge >= 0.3 is 12.1 Å². The zero-order valence-electron chi connectivity index (χ0n) is 28.9. The van der Waals surface area contributed by atoms with Gasteiger partial charge in [0.25, 0.3) is 0 Å². The first-order valence-electron chi connectivity index (χ1n) is 16.7. The summed E-state index contributed by atoms with van der Waals surface area (Å²) in [4.78, 5) is 51.1. The van der Waals surface area contributed by atoms with Crippen molar-refractivity contribution in [3.8, 4) is 0 Å². The summed E-state index contributed by atoms with van der Waals surface area (Å²) >= 11 is 3.02. The van der Waals surface area contributed by atoms with Crippen molar-refractivity contribution in [2.45, 2.75) is 90.6 Å². The fraction of sp³-hybridized carbons (Fsp3) is 0.432. The van der Waals surface area contributed by atoms with E-state index in [1.54, 1.807) is 35.0 Å². The Kier molecular flexibility index (Phi) is 14.6. The Morgan fingerprint density at radius 3 is 1.98 bits per heavy atom. The van der Waals surface area contributed by atoms with Crippen molar-refractivity contribution in [3.05, 3.63) is 104 Å². The number of alkyl carbamates (subject to hydrolysis) is 1. The van der Waals surface area contributed by atoms with Crippen LogP contribution in [0.15, 0.2) is 77.8 Å². The van der Waals surface area contributed by atoms with Crippen LogP contribution in [0.2, 0.25) is 0 Å². The second-order valence-electron chi connectivity index (χ2n) is 12.9. The number of nitrogens with zero attached hydrogens (tertiary/aromatic N) is 3. The maximum Gasteiger partial charge on any atom is 0.407 e. The van der Waals surface area contributed by atoms with Crippen molar-refractivity contribution in [1.82, 2.24) is 30.8 Å². The minimum Gasteiger partial charge on any atom is -0.444 e. The molecule has 0 spiro atoms. The molecule has 0 aliphatic heterocycles. The molecule has 3 N–H and O–H groups in total. The van der Waals surface area contributed by atoms with E-state index in [0.29, 0.717) is 38.1 Å². The van der Waals surface area contributed by atoms with E-state index in [1.165, 1.54) is 11.3 Å². The smallest absolute Gasteiger partial charge is 0.407 e. The molecule has 0 aliphatic rings. The Morgan fingerprint density at radius 2 is 1.45 bits per heavy atom. The topological polar surface area (TPSA) is 126 Å². The molecule has 0 saturated carbocycles. The average Bonchev–Trinajstić information content (AvgIpc) is 3.78. The van der Waals surface area contributed by atoms with Crippen LogP contribution in [0.5, 0.6) is 0 Å². The molecule has 0 fully saturated rings. The number of carbonyl (C=O) groups excluding carboxylic acids is 3. The average molecular weight is 705 g/mol. The zero-order valence-corrected chi connectivity index (χ0v) is 30.6. The molecule has 49 heavy (non-hydrogen) atoms. The molecule has 0 bridgehead atoms. The molecule has 4 rings (SSSR count). The highest BCUT2D eigenvalue weighted by Crippen LogP contribution is 2.20. The lowest BCUT2D eigenvalue weighted by molar-refractivity contribution is -0.124. The van der Waals surface area contributed by atoms with E-state index in [1.807, 2.05) is 79.9 Å². The largest absolute Gasteiger partial charge is 0.444 e. The predicted octanol–water partition coefficient (Wildman–Crippen LogP) is 6.93. The van der Waals surface area contributed by atoms with Gasteiger partial charge < -0.3 is 25.6 Å². The number of thiazole rings is 2. The summed E-state index contributed by atoms with van der Waals surface area (Å²) in [5, 5.41) is 12.3. The molecule has 0 aliphatic carbocycles. The molecule has 2 aromatic heterocycles. The van der Waals surface area contributed by atoms with E-state index in [0.717, 1.165) is 26.7 Å². The number of hydrogen-bond acceptors (Lipinski definition) is 8. The number of amides is 4. The molecule has 262 valence electrons. The maximum atomic E-state index is 13.8. The third kappa shape index (κ3) is 12.6. The molecule has 0 radical (unpaired) electrons. The number of rotatable bonds is 17. The molecule has 2 heterocycles. The van der Waals surface area contributed by atoms with Gasteiger partial charge in [-0.1, -0.05) is 88.4 Å². The molecule has 0 saturated heterocycles. The van der Waals surface area contributed by atoms with Crippen molar-refractivity contribution < 1.29 is 19.1 Å². The van der Waals surface area contributed by atoms with Gasteiger partial charge in [0, 0.05) is 36.6 Å². The lowest BCUT2D eigenvalue weighted by Crippen LogP contribution is -2.54. The molecule has 10 nitrogen and oxygen atoms in total. The second-order valence-corrected chi connectivity index (χ2v) is 14.8. The highest BCUT2D eigenvalue weighted by Gasteiger charge is 2.28. The molecule has 0 unspecified atom stereocenters. The quantitative estimate of drug-likeness (QED) is 0.109. The number of ether oxygens (including phenoxy) is 1. The lowest BCUT2D eigenvalue weighted by atomic mass is 9.95. The van der Waals surface area contributed by atoms with E-state index in [2.05, 4.69) is 39.8 Å². The van der Waals surface area contributed by atoms with E-state index in [-0.39, 0.29) is 36.5 Å². The zero-order chi connectivity index (χ0) is 35.2. The van der Waals surface area contributed by atoms with Crippen LogP contribution in [0.1, 0.15) is 73.2 Å². The highest BCUT2D eigenvalue weighted by atomic mass is 32.1. The highest BCUT2D eigenvalue weighted by molar-refractivity contribution is 7.09. The Balaban J connectivity index is 1.43. The first kappa shape index (κ1) is 37.5. The normalized spacial score (nSPS) is 13.0. The Hall–Kier alpha value is -4.29. The second kappa shape index (κ2) is 19.0. The van der Waals surface area contributed by atoms with Crippen LogP contribution in [0.25, 0.3) is 0 Å². The van der Waals surface area contributed by atoms with Gasteiger partial charge in [0.1, 0.15) is 12.6 Å². The standard InChI is InChI=1S/C37H48N6O4S2/c1-25(2)33(42-36(45)43(5)21-31-23-48-35(40-31)26(3)4)34(44)39-29(18-27-12-8-6-9-13-27)16-17-30(19-28-14-10-7-11-15-28)41-37(46)47-22-32-20-38-24-49-32/h6-15,20,23-26,29-30,33H,16-19,21-22H2,1-5H3,(H,39,44)(H,41,46)(H,42,45)/t29-,30-,33-/m1/s1. The Bertz CT molecular complexity index is 1580. The summed E-state index contributed by atoms with van der Waals surface area (Å²) in [5.74, 6) is -0.0737. The summed E-state index contributed by atoms with van der Waals surface area (Å²) in [6.07, 6.45) is 3.58. The monoisotopic (exact) mass is 704 g/mol. The first-order chi connectivity index (χ1) is 23.6. The number of carbonyl (C=O) groups is 3. The summed E-state index contributed by atoms with van der Waals surface area (Å²) in [6, 6.07) is 18.4. The van der Waals surface area contributed by atoms with E-state index < -0.39 is 12.1 Å². The van der Waals surface area contributed by atoms with Crippen LogP contribution in [0.3, 0.4) is 0 Å². The van der Waals surface area contributed by atoms with Crippen molar-refractivity contribution in [2.75, 3.05) is 7.05 Å². The number of hydrogen-bond donors (Lipinski definition) is 3. The van der Waals surface area contributed by atoms with E-state index in [9.17, 15) is 14.4 Å². The molecule has 12 heteroatoms. The summed E-state index contributed by atoms with van der Waals surface area (Å²) in [5.41, 5.74) is 4.70. The molecular formula is C37H48N6O4S2. The van der Waals surface area contributed by atoms with Gasteiger partial charge in [-0.15, -0.1) is 22.7 Å². The van der Waals surface area contributed by atoms with Gasteiger partial charge in [-0.3, -0.25) is 9.78 Å². The fourth-order valence-corrected chi connectivity index (χ4v) is 6.68. The minimum absolute atomic E-state index is 0.151. The Morgan fingerprint density at radius 1 is 0.837 bits per heavy atom. The lowest BCUT2D eigenvalue weighted by Gasteiger charge is -2.28. The van der Waals surface area contributed by atoms with Crippen molar-refractivity contribution in [1.29, 1.82) is 0 Å². The summed E-state index contributed by atoms with van der Waals surface area (Å²) in [6.45, 7) is 8.53. The number of nitrogens with one attached hydrogen (secondary N) is 3. The molecule has 2 aromatic carbocycles. The fourth-order valence-electron chi connectivity index (χ4n) is 5.35. The van der Waals surface area contributed by atoms with Gasteiger partial charge in [0.05, 0.1) is 27.6 Å². The molecular weight excluding hydrogens is 657 g/mol. The van der Waals surface area contributed by atoms with Crippen LogP contribution in [-0.4, -0.2) is 58.1 Å². The molecule has 4 aromatic rings. The third-order valence-corrected chi connectivity index (χ3v) is 10.00. The third-order valence-electron chi connectivity index (χ3n) is 8.05. The van der Waals surface area contributed by atoms with Crippen molar-refractivity contribution in [3.63, 3.8) is 0 Å². The number of urea groups is 1. The van der Waals surface area contributed by atoms with Crippen LogP contribution in [0.4, 0.5) is 9.59 Å². The summed E-state index contributed by atoms with van der Waals surface area (Å²) in [7, 11) is 1.71. The van der Waals surface area contributed by atoms with Gasteiger partial charge in [0.2, 0.25) is 5.91 Å². The number of aromatic nitrogens is 2. The maximum absolute atomic E-state index is 13.8. The van der Waals surface area contributed by atoms with E-state index >= 15 is 0 Å².